The van der Waals surface area contributed by atoms with Crippen molar-refractivity contribution in [2.75, 3.05) is 0 Å². The first-order valence-corrected chi connectivity index (χ1v) is 6.81. The molecule has 0 spiro atoms. The third-order valence-corrected chi connectivity index (χ3v) is 3.43. The molecule has 0 atom stereocenters. The number of fused-ring (bicyclic) bond motifs is 1. The Balaban J connectivity index is 2.23. The topological polar surface area (TPSA) is 63.3 Å². The highest BCUT2D eigenvalue weighted by Gasteiger charge is 2.15. The van der Waals surface area contributed by atoms with Crippen LogP contribution in [0.2, 0.25) is 5.02 Å². The highest BCUT2D eigenvalue weighted by Crippen LogP contribution is 2.30. The van der Waals surface area contributed by atoms with E-state index in [0.29, 0.717) is 22.0 Å². The summed E-state index contributed by atoms with van der Waals surface area (Å²) in [6.07, 6.45) is 0. The summed E-state index contributed by atoms with van der Waals surface area (Å²) in [7, 11) is 0. The molecule has 100 valence electrons. The van der Waals surface area contributed by atoms with Crippen LogP contribution in [0.15, 0.2) is 45.3 Å². The molecular weight excluding hydrogens is 346 g/mol. The highest BCUT2D eigenvalue weighted by atomic mass is 79.9. The maximum absolute atomic E-state index is 11.2. The number of halogens is 2. The van der Waals surface area contributed by atoms with Gasteiger partial charge in [0.25, 0.3) is 0 Å². The van der Waals surface area contributed by atoms with Gasteiger partial charge in [0.15, 0.2) is 5.58 Å². The molecule has 0 aliphatic carbocycles. The first-order valence-electron chi connectivity index (χ1n) is 5.64. The molecule has 0 aliphatic rings. The number of carbonyl (C=O) groups is 1. The van der Waals surface area contributed by atoms with Gasteiger partial charge in [-0.1, -0.05) is 33.6 Å². The fourth-order valence-electron chi connectivity index (χ4n) is 1.92. The van der Waals surface area contributed by atoms with Crippen LogP contribution in [0.5, 0.6) is 0 Å². The largest absolute Gasteiger partial charge is 0.478 e. The number of benzene rings is 2. The molecular formula is C14H7BrClNO3. The van der Waals surface area contributed by atoms with Gasteiger partial charge in [-0.05, 0) is 30.3 Å². The Morgan fingerprint density at radius 3 is 2.80 bits per heavy atom. The lowest BCUT2D eigenvalue weighted by molar-refractivity contribution is 0.0698. The molecule has 3 aromatic rings. The van der Waals surface area contributed by atoms with Crippen molar-refractivity contribution in [3.63, 3.8) is 0 Å². The van der Waals surface area contributed by atoms with E-state index in [1.54, 1.807) is 30.3 Å². The molecule has 4 nitrogen and oxygen atoms in total. The average molecular weight is 353 g/mol. The molecule has 0 radical (unpaired) electrons. The van der Waals surface area contributed by atoms with Crippen molar-refractivity contribution in [1.82, 2.24) is 4.98 Å². The molecule has 0 amide bonds. The monoisotopic (exact) mass is 351 g/mol. The number of rotatable bonds is 2. The lowest BCUT2D eigenvalue weighted by atomic mass is 10.2. The second kappa shape index (κ2) is 4.92. The van der Waals surface area contributed by atoms with Crippen molar-refractivity contribution >= 4 is 44.6 Å². The molecule has 6 heteroatoms. The first kappa shape index (κ1) is 13.1. The summed E-state index contributed by atoms with van der Waals surface area (Å²) in [5, 5.41) is 9.67. The zero-order valence-electron chi connectivity index (χ0n) is 9.93. The van der Waals surface area contributed by atoms with Gasteiger partial charge in [-0.25, -0.2) is 9.78 Å². The van der Waals surface area contributed by atoms with E-state index in [9.17, 15) is 4.79 Å². The molecule has 3 rings (SSSR count). The van der Waals surface area contributed by atoms with Crippen molar-refractivity contribution in [3.05, 3.63) is 51.5 Å². The van der Waals surface area contributed by atoms with Crippen molar-refractivity contribution in [2.45, 2.75) is 0 Å². The summed E-state index contributed by atoms with van der Waals surface area (Å²) in [4.78, 5) is 15.5. The summed E-state index contributed by atoms with van der Waals surface area (Å²) in [6.45, 7) is 0. The van der Waals surface area contributed by atoms with Gasteiger partial charge in [0.1, 0.15) is 11.1 Å². The van der Waals surface area contributed by atoms with E-state index < -0.39 is 5.97 Å². The van der Waals surface area contributed by atoms with Crippen LogP contribution in [-0.2, 0) is 0 Å². The Hall–Kier alpha value is -1.85. The summed E-state index contributed by atoms with van der Waals surface area (Å²) < 4.78 is 6.38. The molecule has 1 aromatic heterocycles. The fraction of sp³-hybridized carbons (Fsp3) is 0. The number of hydrogen-bond donors (Lipinski definition) is 1. The normalized spacial score (nSPS) is 10.9. The van der Waals surface area contributed by atoms with E-state index >= 15 is 0 Å². The molecule has 20 heavy (non-hydrogen) atoms. The van der Waals surface area contributed by atoms with Gasteiger partial charge >= 0.3 is 5.97 Å². The number of nitrogens with zero attached hydrogens (tertiary/aromatic N) is 1. The van der Waals surface area contributed by atoms with Gasteiger partial charge < -0.3 is 9.52 Å². The molecule has 1 heterocycles. The van der Waals surface area contributed by atoms with E-state index in [0.717, 1.165) is 4.47 Å². The van der Waals surface area contributed by atoms with Crippen LogP contribution in [0.1, 0.15) is 10.4 Å². The van der Waals surface area contributed by atoms with Crippen molar-refractivity contribution in [2.24, 2.45) is 0 Å². The van der Waals surface area contributed by atoms with Crippen LogP contribution in [0.25, 0.3) is 22.6 Å². The quantitative estimate of drug-likeness (QED) is 0.731. The highest BCUT2D eigenvalue weighted by molar-refractivity contribution is 9.10. The fourth-order valence-corrected chi connectivity index (χ4v) is 2.78. The van der Waals surface area contributed by atoms with Crippen LogP contribution < -0.4 is 0 Å². The number of carboxylic acids is 1. The van der Waals surface area contributed by atoms with Gasteiger partial charge in [0.05, 0.1) is 0 Å². The predicted octanol–water partition coefficient (Wildman–Crippen LogP) is 4.61. The average Bonchev–Trinajstić information content (AvgIpc) is 2.80. The van der Waals surface area contributed by atoms with Crippen LogP contribution >= 0.6 is 27.5 Å². The third kappa shape index (κ3) is 2.30. The Morgan fingerprint density at radius 1 is 1.30 bits per heavy atom. The van der Waals surface area contributed by atoms with E-state index in [1.807, 2.05) is 0 Å². The van der Waals surface area contributed by atoms with E-state index in [-0.39, 0.29) is 11.1 Å². The zero-order chi connectivity index (χ0) is 14.3. The number of aromatic nitrogens is 1. The summed E-state index contributed by atoms with van der Waals surface area (Å²) in [5.74, 6) is -0.720. The Labute approximate surface area is 127 Å². The minimum Gasteiger partial charge on any atom is -0.478 e. The second-order valence-corrected chi connectivity index (χ2v) is 5.49. The Morgan fingerprint density at radius 2 is 2.10 bits per heavy atom. The minimum atomic E-state index is -1.05. The summed E-state index contributed by atoms with van der Waals surface area (Å²) >= 11 is 9.33. The van der Waals surface area contributed by atoms with Crippen LogP contribution in [0.4, 0.5) is 0 Å². The standard InChI is InChI=1S/C14H7BrClNO3/c15-8-4-7(5-9(16)6-8)13-17-11-3-1-2-10(14(18)19)12(11)20-13/h1-6H,(H,18,19). The predicted molar refractivity (Wildman–Crippen MR) is 79.1 cm³/mol. The zero-order valence-corrected chi connectivity index (χ0v) is 12.3. The van der Waals surface area contributed by atoms with Gasteiger partial charge in [0, 0.05) is 15.1 Å². The maximum atomic E-state index is 11.2. The molecule has 0 saturated carbocycles. The van der Waals surface area contributed by atoms with Crippen LogP contribution in [0.3, 0.4) is 0 Å². The third-order valence-electron chi connectivity index (χ3n) is 2.75. The smallest absolute Gasteiger partial charge is 0.339 e. The lowest BCUT2D eigenvalue weighted by Gasteiger charge is -1.98. The SMILES string of the molecule is O=C(O)c1cccc2nc(-c3cc(Cl)cc(Br)c3)oc12. The van der Waals surface area contributed by atoms with Gasteiger partial charge in [-0.15, -0.1) is 0 Å². The molecule has 0 fully saturated rings. The molecule has 0 aliphatic heterocycles. The summed E-state index contributed by atoms with van der Waals surface area (Å²) in [6, 6.07) is 10.1. The Kier molecular flexibility index (Phi) is 3.23. The van der Waals surface area contributed by atoms with Crippen molar-refractivity contribution < 1.29 is 14.3 Å². The first-order chi connectivity index (χ1) is 9.54. The number of para-hydroxylation sites is 1. The van der Waals surface area contributed by atoms with Crippen LogP contribution in [-0.4, -0.2) is 16.1 Å². The Bertz CT molecular complexity index is 808. The van der Waals surface area contributed by atoms with Gasteiger partial charge in [-0.3, -0.25) is 0 Å². The van der Waals surface area contributed by atoms with Crippen LogP contribution in [0, 0.1) is 0 Å². The van der Waals surface area contributed by atoms with Gasteiger partial charge in [-0.2, -0.15) is 0 Å². The van der Waals surface area contributed by atoms with Crippen molar-refractivity contribution in [1.29, 1.82) is 0 Å². The second-order valence-electron chi connectivity index (χ2n) is 4.14. The maximum Gasteiger partial charge on any atom is 0.339 e. The number of oxazole rings is 1. The van der Waals surface area contributed by atoms with Crippen molar-refractivity contribution in [3.8, 4) is 11.5 Å². The number of aromatic carboxylic acids is 1. The molecule has 0 saturated heterocycles. The van der Waals surface area contributed by atoms with Gasteiger partial charge in [0.2, 0.25) is 5.89 Å². The molecule has 2 aromatic carbocycles. The molecule has 0 unspecified atom stereocenters. The molecule has 1 N–H and O–H groups in total. The lowest BCUT2D eigenvalue weighted by Crippen LogP contribution is -1.95. The van der Waals surface area contributed by atoms with E-state index in [4.69, 9.17) is 21.1 Å². The van der Waals surface area contributed by atoms with E-state index in [1.165, 1.54) is 6.07 Å². The van der Waals surface area contributed by atoms with E-state index in [2.05, 4.69) is 20.9 Å². The number of hydrogen-bond acceptors (Lipinski definition) is 3. The minimum absolute atomic E-state index is 0.0855. The number of carboxylic acid groups (broad SMARTS) is 1. The molecule has 0 bridgehead atoms. The summed E-state index contributed by atoms with van der Waals surface area (Å²) in [5.41, 5.74) is 1.52.